The van der Waals surface area contributed by atoms with Gasteiger partial charge < -0.3 is 28.4 Å². The van der Waals surface area contributed by atoms with Gasteiger partial charge in [-0.1, -0.05) is 0 Å². The van der Waals surface area contributed by atoms with Gasteiger partial charge in [-0.2, -0.15) is 0 Å². The summed E-state index contributed by atoms with van der Waals surface area (Å²) in [7, 11) is 4.59. The van der Waals surface area contributed by atoms with Crippen molar-refractivity contribution in [2.75, 3.05) is 34.5 Å². The van der Waals surface area contributed by atoms with E-state index in [-0.39, 0.29) is 11.6 Å². The Balaban J connectivity index is 1.99. The molecular weight excluding hydrogens is 402 g/mol. The van der Waals surface area contributed by atoms with Gasteiger partial charge >= 0.3 is 5.97 Å². The van der Waals surface area contributed by atoms with Gasteiger partial charge in [0.15, 0.2) is 28.7 Å². The van der Waals surface area contributed by atoms with Crippen LogP contribution in [0.1, 0.15) is 25.0 Å². The molecular formula is C23H25NO7. The summed E-state index contributed by atoms with van der Waals surface area (Å²) in [6, 6.07) is 8.64. The molecule has 0 N–H and O–H groups in total. The second-order valence-corrected chi connectivity index (χ2v) is 6.31. The summed E-state index contributed by atoms with van der Waals surface area (Å²) in [5, 5.41) is 0. The highest BCUT2D eigenvalue weighted by Gasteiger charge is 2.26. The number of nitrogens with zero attached hydrogens (tertiary/aromatic N) is 1. The lowest BCUT2D eigenvalue weighted by atomic mass is 10.1. The topological polar surface area (TPSA) is 84.8 Å². The number of esters is 1. The Labute approximate surface area is 181 Å². The van der Waals surface area contributed by atoms with E-state index in [0.717, 1.165) is 0 Å². The molecule has 0 atom stereocenters. The summed E-state index contributed by atoms with van der Waals surface area (Å²) in [6.07, 6.45) is 1.58. The zero-order valence-corrected chi connectivity index (χ0v) is 18.2. The molecule has 0 fully saturated rings. The molecule has 0 radical (unpaired) electrons. The molecule has 1 aliphatic rings. The third kappa shape index (κ3) is 4.74. The Morgan fingerprint density at radius 3 is 2.13 bits per heavy atom. The van der Waals surface area contributed by atoms with Crippen LogP contribution in [-0.4, -0.2) is 46.4 Å². The summed E-state index contributed by atoms with van der Waals surface area (Å²) in [5.41, 5.74) is 1.33. The first-order valence-electron chi connectivity index (χ1n) is 9.77. The number of rotatable bonds is 9. The Hall–Kier alpha value is -3.68. The maximum atomic E-state index is 12.5. The van der Waals surface area contributed by atoms with Crippen LogP contribution < -0.4 is 23.7 Å². The number of hydrogen-bond acceptors (Lipinski definition) is 8. The fourth-order valence-corrected chi connectivity index (χ4v) is 3.03. The zero-order chi connectivity index (χ0) is 22.4. The van der Waals surface area contributed by atoms with Crippen LogP contribution in [0.5, 0.6) is 28.7 Å². The summed E-state index contributed by atoms with van der Waals surface area (Å²) in [5.74, 6) is 2.29. The fourth-order valence-electron chi connectivity index (χ4n) is 3.03. The molecule has 8 nitrogen and oxygen atoms in total. The minimum atomic E-state index is -0.571. The minimum absolute atomic E-state index is 0.132. The van der Waals surface area contributed by atoms with Crippen molar-refractivity contribution in [3.63, 3.8) is 0 Å². The monoisotopic (exact) mass is 427 g/mol. The molecule has 0 saturated carbocycles. The molecule has 0 saturated heterocycles. The molecule has 0 spiro atoms. The van der Waals surface area contributed by atoms with Crippen molar-refractivity contribution in [2.24, 2.45) is 4.99 Å². The average Bonchev–Trinajstić information content (AvgIpc) is 3.15. The van der Waals surface area contributed by atoms with Gasteiger partial charge in [-0.25, -0.2) is 9.79 Å². The smallest absolute Gasteiger partial charge is 0.363 e. The molecule has 0 unspecified atom stereocenters. The molecule has 0 aromatic heterocycles. The van der Waals surface area contributed by atoms with Gasteiger partial charge in [0.05, 0.1) is 34.5 Å². The molecule has 164 valence electrons. The third-order valence-corrected chi connectivity index (χ3v) is 4.44. The molecule has 1 aliphatic heterocycles. The molecule has 3 rings (SSSR count). The van der Waals surface area contributed by atoms with Crippen molar-refractivity contribution in [1.82, 2.24) is 0 Å². The molecule has 0 bridgehead atoms. The van der Waals surface area contributed by atoms with Gasteiger partial charge in [-0.3, -0.25) is 0 Å². The largest absolute Gasteiger partial charge is 0.496 e. The van der Waals surface area contributed by atoms with Crippen molar-refractivity contribution in [1.29, 1.82) is 0 Å². The van der Waals surface area contributed by atoms with Gasteiger partial charge in [0.1, 0.15) is 5.75 Å². The molecule has 2 aromatic carbocycles. The molecule has 1 heterocycles. The molecule has 0 aliphatic carbocycles. The first-order chi connectivity index (χ1) is 15.0. The van der Waals surface area contributed by atoms with Crippen LogP contribution in [0.2, 0.25) is 0 Å². The van der Waals surface area contributed by atoms with Gasteiger partial charge in [-0.15, -0.1) is 0 Å². The number of ether oxygens (including phenoxy) is 6. The molecule has 2 aromatic rings. The second kappa shape index (κ2) is 9.88. The second-order valence-electron chi connectivity index (χ2n) is 6.31. The van der Waals surface area contributed by atoms with Gasteiger partial charge in [0.25, 0.3) is 0 Å². The molecule has 0 amide bonds. The van der Waals surface area contributed by atoms with Crippen LogP contribution in [0.4, 0.5) is 0 Å². The van der Waals surface area contributed by atoms with Crippen LogP contribution >= 0.6 is 0 Å². The highest BCUT2D eigenvalue weighted by Crippen LogP contribution is 2.36. The van der Waals surface area contributed by atoms with Crippen molar-refractivity contribution >= 4 is 17.9 Å². The van der Waals surface area contributed by atoms with E-state index in [9.17, 15) is 4.79 Å². The van der Waals surface area contributed by atoms with E-state index in [0.29, 0.717) is 53.1 Å². The normalized spacial score (nSPS) is 14.2. The number of carbonyl (C=O) groups excluding carboxylic acids is 1. The van der Waals surface area contributed by atoms with Crippen LogP contribution in [0, 0.1) is 0 Å². The van der Waals surface area contributed by atoms with Crippen LogP contribution in [0.3, 0.4) is 0 Å². The average molecular weight is 427 g/mol. The van der Waals surface area contributed by atoms with Crippen molar-refractivity contribution < 1.29 is 33.2 Å². The maximum absolute atomic E-state index is 12.5. The van der Waals surface area contributed by atoms with Crippen LogP contribution in [0.25, 0.3) is 6.08 Å². The summed E-state index contributed by atoms with van der Waals surface area (Å²) < 4.78 is 32.6. The van der Waals surface area contributed by atoms with E-state index in [1.807, 2.05) is 13.8 Å². The molecule has 31 heavy (non-hydrogen) atoms. The Kier molecular flexibility index (Phi) is 7.02. The number of hydrogen-bond donors (Lipinski definition) is 0. The van der Waals surface area contributed by atoms with E-state index in [1.165, 1.54) is 21.3 Å². The number of carbonyl (C=O) groups is 1. The van der Waals surface area contributed by atoms with Crippen LogP contribution in [0.15, 0.2) is 41.0 Å². The fraction of sp³-hybridized carbons (Fsp3) is 0.304. The first kappa shape index (κ1) is 22.0. The van der Waals surface area contributed by atoms with E-state index in [1.54, 1.807) is 36.4 Å². The lowest BCUT2D eigenvalue weighted by molar-refractivity contribution is -0.129. The minimum Gasteiger partial charge on any atom is -0.496 e. The van der Waals surface area contributed by atoms with E-state index < -0.39 is 5.97 Å². The predicted octanol–water partition coefficient (Wildman–Crippen LogP) is 3.85. The number of methoxy groups -OCH3 is 3. The third-order valence-electron chi connectivity index (χ3n) is 4.44. The Morgan fingerprint density at radius 1 is 0.839 bits per heavy atom. The quantitative estimate of drug-likeness (QED) is 0.444. The zero-order valence-electron chi connectivity index (χ0n) is 18.2. The van der Waals surface area contributed by atoms with Gasteiger partial charge in [0.2, 0.25) is 5.90 Å². The number of cyclic esters (lactones) is 1. The Bertz CT molecular complexity index is 1030. The molecule has 8 heteroatoms. The van der Waals surface area contributed by atoms with Crippen LogP contribution in [-0.2, 0) is 9.53 Å². The summed E-state index contributed by atoms with van der Waals surface area (Å²) in [6.45, 7) is 4.76. The summed E-state index contributed by atoms with van der Waals surface area (Å²) in [4.78, 5) is 16.8. The standard InChI is InChI=1S/C23H25NO7/c1-6-29-17-9-8-14(11-21(17)30-7-2)22-24-16(23(25)31-22)10-15-12-19(27-4)20(28-5)13-18(15)26-3/h8-13H,6-7H2,1-5H3/b16-10-. The Morgan fingerprint density at radius 2 is 1.48 bits per heavy atom. The highest BCUT2D eigenvalue weighted by molar-refractivity contribution is 6.13. The SMILES string of the molecule is CCOc1ccc(C2=N/C(=C\c3cc(OC)c(OC)cc3OC)C(=O)O2)cc1OCC. The number of aliphatic imine (C=N–C) groups is 1. The first-order valence-corrected chi connectivity index (χ1v) is 9.77. The highest BCUT2D eigenvalue weighted by atomic mass is 16.6. The van der Waals surface area contributed by atoms with E-state index in [2.05, 4.69) is 4.99 Å². The van der Waals surface area contributed by atoms with Crippen molar-refractivity contribution in [3.05, 3.63) is 47.2 Å². The predicted molar refractivity (Wildman–Crippen MR) is 115 cm³/mol. The van der Waals surface area contributed by atoms with Crippen molar-refractivity contribution in [2.45, 2.75) is 13.8 Å². The maximum Gasteiger partial charge on any atom is 0.363 e. The van der Waals surface area contributed by atoms with Crippen molar-refractivity contribution in [3.8, 4) is 28.7 Å². The van der Waals surface area contributed by atoms with Gasteiger partial charge in [0, 0.05) is 17.2 Å². The van der Waals surface area contributed by atoms with E-state index >= 15 is 0 Å². The number of benzene rings is 2. The van der Waals surface area contributed by atoms with E-state index in [4.69, 9.17) is 28.4 Å². The lowest BCUT2D eigenvalue weighted by Crippen LogP contribution is -2.06. The van der Waals surface area contributed by atoms with Gasteiger partial charge in [-0.05, 0) is 44.2 Å². The summed E-state index contributed by atoms with van der Waals surface area (Å²) >= 11 is 0. The lowest BCUT2D eigenvalue weighted by Gasteiger charge is -2.12.